The second-order valence-electron chi connectivity index (χ2n) is 6.69. The molecule has 2 atom stereocenters. The molecule has 2 N–H and O–H groups in total. The monoisotopic (exact) mass is 384 g/mol. The van der Waals surface area contributed by atoms with E-state index in [2.05, 4.69) is 27.7 Å². The number of rotatable bonds is 6. The SMILES string of the molecule is C[C@H](NC(=O)Nc1ccc([N+](=O)[O-])cc1)[C@@H](c1ccccc1)N1CCOCC1. The third-order valence-electron chi connectivity index (χ3n) is 4.75. The number of anilines is 1. The molecule has 0 bridgehead atoms. The Morgan fingerprint density at radius 1 is 1.11 bits per heavy atom. The average molecular weight is 384 g/mol. The number of urea groups is 1. The minimum atomic E-state index is -0.473. The summed E-state index contributed by atoms with van der Waals surface area (Å²) in [4.78, 5) is 25.0. The summed E-state index contributed by atoms with van der Waals surface area (Å²) in [5.41, 5.74) is 1.61. The van der Waals surface area contributed by atoms with Crippen LogP contribution in [0.2, 0.25) is 0 Å². The van der Waals surface area contributed by atoms with Gasteiger partial charge in [0.25, 0.3) is 5.69 Å². The van der Waals surface area contributed by atoms with Crippen molar-refractivity contribution in [2.75, 3.05) is 31.6 Å². The van der Waals surface area contributed by atoms with Gasteiger partial charge in [0, 0.05) is 37.0 Å². The predicted octanol–water partition coefficient (Wildman–Crippen LogP) is 3.18. The fraction of sp³-hybridized carbons (Fsp3) is 0.350. The van der Waals surface area contributed by atoms with Crippen LogP contribution in [0, 0.1) is 10.1 Å². The van der Waals surface area contributed by atoms with E-state index in [0.29, 0.717) is 18.9 Å². The first-order valence-corrected chi connectivity index (χ1v) is 9.23. The van der Waals surface area contributed by atoms with Gasteiger partial charge < -0.3 is 15.4 Å². The van der Waals surface area contributed by atoms with Crippen molar-refractivity contribution in [3.8, 4) is 0 Å². The van der Waals surface area contributed by atoms with Crippen LogP contribution in [0.25, 0.3) is 0 Å². The third kappa shape index (κ3) is 5.05. The molecule has 8 nitrogen and oxygen atoms in total. The number of morpholine rings is 1. The van der Waals surface area contributed by atoms with Crippen molar-refractivity contribution < 1.29 is 14.5 Å². The van der Waals surface area contributed by atoms with E-state index in [1.807, 2.05) is 25.1 Å². The van der Waals surface area contributed by atoms with Gasteiger partial charge in [0.1, 0.15) is 0 Å². The van der Waals surface area contributed by atoms with Crippen molar-refractivity contribution in [1.82, 2.24) is 10.2 Å². The highest BCUT2D eigenvalue weighted by atomic mass is 16.6. The Balaban J connectivity index is 1.67. The maximum Gasteiger partial charge on any atom is 0.319 e. The first-order chi connectivity index (χ1) is 13.5. The molecule has 2 aromatic carbocycles. The van der Waals surface area contributed by atoms with Crippen molar-refractivity contribution in [2.45, 2.75) is 19.0 Å². The molecule has 1 heterocycles. The zero-order valence-corrected chi connectivity index (χ0v) is 15.7. The molecule has 0 spiro atoms. The van der Waals surface area contributed by atoms with Crippen LogP contribution in [-0.2, 0) is 4.74 Å². The molecule has 3 rings (SSSR count). The number of ether oxygens (including phenoxy) is 1. The molecule has 1 aliphatic rings. The number of carbonyl (C=O) groups is 1. The van der Waals surface area contributed by atoms with E-state index in [1.165, 1.54) is 24.3 Å². The first kappa shape index (κ1) is 19.8. The Morgan fingerprint density at radius 2 is 1.75 bits per heavy atom. The molecular formula is C20H24N4O4. The van der Waals surface area contributed by atoms with Gasteiger partial charge in [-0.2, -0.15) is 0 Å². The zero-order valence-electron chi connectivity index (χ0n) is 15.7. The fourth-order valence-corrected chi connectivity index (χ4v) is 3.44. The van der Waals surface area contributed by atoms with Crippen molar-refractivity contribution in [3.05, 3.63) is 70.3 Å². The first-order valence-electron chi connectivity index (χ1n) is 9.23. The van der Waals surface area contributed by atoms with Crippen molar-refractivity contribution in [3.63, 3.8) is 0 Å². The van der Waals surface area contributed by atoms with E-state index in [-0.39, 0.29) is 23.8 Å². The molecule has 1 saturated heterocycles. The van der Waals surface area contributed by atoms with Gasteiger partial charge >= 0.3 is 6.03 Å². The summed E-state index contributed by atoms with van der Waals surface area (Å²) in [6.07, 6.45) is 0. The van der Waals surface area contributed by atoms with Gasteiger partial charge in [0.15, 0.2) is 0 Å². The Labute approximate surface area is 163 Å². The molecule has 0 saturated carbocycles. The minimum Gasteiger partial charge on any atom is -0.379 e. The van der Waals surface area contributed by atoms with E-state index in [9.17, 15) is 14.9 Å². The number of hydrogen-bond acceptors (Lipinski definition) is 5. The lowest BCUT2D eigenvalue weighted by Crippen LogP contribution is -2.49. The topological polar surface area (TPSA) is 96.7 Å². The van der Waals surface area contributed by atoms with Gasteiger partial charge in [-0.15, -0.1) is 0 Å². The highest BCUT2D eigenvalue weighted by Gasteiger charge is 2.28. The average Bonchev–Trinajstić information content (AvgIpc) is 2.70. The number of nitrogens with one attached hydrogen (secondary N) is 2. The fourth-order valence-electron chi connectivity index (χ4n) is 3.44. The lowest BCUT2D eigenvalue weighted by molar-refractivity contribution is -0.384. The molecular weight excluding hydrogens is 360 g/mol. The van der Waals surface area contributed by atoms with Crippen LogP contribution in [0.3, 0.4) is 0 Å². The van der Waals surface area contributed by atoms with E-state index in [1.54, 1.807) is 0 Å². The van der Waals surface area contributed by atoms with Gasteiger partial charge in [-0.25, -0.2) is 4.79 Å². The summed E-state index contributed by atoms with van der Waals surface area (Å²) in [5, 5.41) is 16.5. The molecule has 2 aromatic rings. The lowest BCUT2D eigenvalue weighted by Gasteiger charge is -2.38. The van der Waals surface area contributed by atoms with Crippen LogP contribution in [0.4, 0.5) is 16.2 Å². The molecule has 148 valence electrons. The van der Waals surface area contributed by atoms with E-state index < -0.39 is 4.92 Å². The van der Waals surface area contributed by atoms with Crippen LogP contribution in [0.1, 0.15) is 18.5 Å². The summed E-state index contributed by atoms with van der Waals surface area (Å²) in [6, 6.07) is 15.3. The standard InChI is InChI=1S/C20H24N4O4/c1-15(21-20(25)22-17-7-9-18(10-8-17)24(26)27)19(16-5-3-2-4-6-16)23-11-13-28-14-12-23/h2-10,15,19H,11-14H2,1H3,(H2,21,22,25)/t15-,19-/m0/s1. The van der Waals surface area contributed by atoms with Crippen molar-refractivity contribution in [2.24, 2.45) is 0 Å². The van der Waals surface area contributed by atoms with Crippen molar-refractivity contribution >= 4 is 17.4 Å². The number of non-ortho nitro benzene ring substituents is 1. The van der Waals surface area contributed by atoms with Crippen LogP contribution in [-0.4, -0.2) is 48.2 Å². The predicted molar refractivity (Wildman–Crippen MR) is 106 cm³/mol. The lowest BCUT2D eigenvalue weighted by atomic mass is 9.98. The highest BCUT2D eigenvalue weighted by Crippen LogP contribution is 2.25. The maximum absolute atomic E-state index is 12.5. The molecule has 0 unspecified atom stereocenters. The van der Waals surface area contributed by atoms with Gasteiger partial charge in [0.2, 0.25) is 0 Å². The number of nitro benzene ring substituents is 1. The van der Waals surface area contributed by atoms with Crippen LogP contribution in [0.5, 0.6) is 0 Å². The molecule has 2 amide bonds. The third-order valence-corrected chi connectivity index (χ3v) is 4.75. The quantitative estimate of drug-likeness (QED) is 0.589. The van der Waals surface area contributed by atoms with E-state index in [4.69, 9.17) is 4.74 Å². The molecule has 1 aliphatic heterocycles. The molecule has 8 heteroatoms. The van der Waals surface area contributed by atoms with Crippen LogP contribution in [0.15, 0.2) is 54.6 Å². The summed E-state index contributed by atoms with van der Waals surface area (Å²) in [7, 11) is 0. The number of amides is 2. The summed E-state index contributed by atoms with van der Waals surface area (Å²) in [5.74, 6) is 0. The smallest absolute Gasteiger partial charge is 0.319 e. The number of nitro groups is 1. The molecule has 1 fully saturated rings. The number of carbonyl (C=O) groups excluding carboxylic acids is 1. The summed E-state index contributed by atoms with van der Waals surface area (Å²) in [6.45, 7) is 4.92. The maximum atomic E-state index is 12.5. The normalized spacial score (nSPS) is 16.8. The van der Waals surface area contributed by atoms with E-state index >= 15 is 0 Å². The Morgan fingerprint density at radius 3 is 2.36 bits per heavy atom. The van der Waals surface area contributed by atoms with Crippen molar-refractivity contribution in [1.29, 1.82) is 0 Å². The van der Waals surface area contributed by atoms with Gasteiger partial charge in [0.05, 0.1) is 24.2 Å². The molecule has 0 radical (unpaired) electrons. The van der Waals surface area contributed by atoms with Gasteiger partial charge in [-0.3, -0.25) is 15.0 Å². The van der Waals surface area contributed by atoms with Gasteiger partial charge in [-0.05, 0) is 24.6 Å². The number of nitrogens with zero attached hydrogens (tertiary/aromatic N) is 2. The number of benzene rings is 2. The summed E-state index contributed by atoms with van der Waals surface area (Å²) < 4.78 is 5.46. The van der Waals surface area contributed by atoms with Crippen LogP contribution < -0.4 is 10.6 Å². The summed E-state index contributed by atoms with van der Waals surface area (Å²) >= 11 is 0. The second-order valence-corrected chi connectivity index (χ2v) is 6.69. The second kappa shape index (κ2) is 9.29. The Bertz CT molecular complexity index is 792. The van der Waals surface area contributed by atoms with E-state index in [0.717, 1.165) is 18.7 Å². The highest BCUT2D eigenvalue weighted by molar-refractivity contribution is 5.89. The number of hydrogen-bond donors (Lipinski definition) is 2. The Hall–Kier alpha value is -2.97. The van der Waals surface area contributed by atoms with Gasteiger partial charge in [-0.1, -0.05) is 30.3 Å². The minimum absolute atomic E-state index is 0.0178. The largest absolute Gasteiger partial charge is 0.379 e. The molecule has 0 aromatic heterocycles. The molecule has 0 aliphatic carbocycles. The van der Waals surface area contributed by atoms with Crippen LogP contribution >= 0.6 is 0 Å². The zero-order chi connectivity index (χ0) is 19.9. The Kier molecular flexibility index (Phi) is 6.57. The molecule has 28 heavy (non-hydrogen) atoms.